The summed E-state index contributed by atoms with van der Waals surface area (Å²) in [4.78, 5) is 0. The lowest BCUT2D eigenvalue weighted by atomic mass is 9.93. The number of hydrogen-bond acceptors (Lipinski definition) is 4. The van der Waals surface area contributed by atoms with Crippen LogP contribution in [0.25, 0.3) is 0 Å². The van der Waals surface area contributed by atoms with E-state index >= 15 is 0 Å². The Bertz CT molecular complexity index is 352. The van der Waals surface area contributed by atoms with Crippen molar-refractivity contribution in [3.05, 3.63) is 18.0 Å². The maximum absolute atomic E-state index is 5.65. The van der Waals surface area contributed by atoms with Crippen LogP contribution in [-0.4, -0.2) is 28.5 Å². The van der Waals surface area contributed by atoms with Gasteiger partial charge in [0.1, 0.15) is 0 Å². The van der Waals surface area contributed by atoms with Crippen molar-refractivity contribution < 1.29 is 4.74 Å². The van der Waals surface area contributed by atoms with Crippen molar-refractivity contribution in [2.75, 3.05) is 6.61 Å². The molecular weight excluding hydrogens is 216 g/mol. The molecule has 1 aliphatic rings. The lowest BCUT2D eigenvalue weighted by Gasteiger charge is -2.21. The summed E-state index contributed by atoms with van der Waals surface area (Å²) in [6, 6.07) is 2.39. The van der Waals surface area contributed by atoms with Gasteiger partial charge in [-0.2, -0.15) is 5.10 Å². The third-order valence-corrected chi connectivity index (χ3v) is 3.65. The van der Waals surface area contributed by atoms with E-state index in [9.17, 15) is 0 Å². The number of hydrazine groups is 1. The summed E-state index contributed by atoms with van der Waals surface area (Å²) in [5, 5.41) is 4.17. The Hall–Kier alpha value is -0.910. The summed E-state index contributed by atoms with van der Waals surface area (Å²) in [5.41, 5.74) is 4.18. The first-order valence-electron chi connectivity index (χ1n) is 6.25. The number of nitrogens with zero attached hydrogens (tertiary/aromatic N) is 2. The van der Waals surface area contributed by atoms with Gasteiger partial charge in [0.2, 0.25) is 0 Å². The van der Waals surface area contributed by atoms with Crippen LogP contribution in [0.5, 0.6) is 0 Å². The van der Waals surface area contributed by atoms with Crippen molar-refractivity contribution in [3.8, 4) is 0 Å². The molecule has 0 bridgehead atoms. The van der Waals surface area contributed by atoms with Gasteiger partial charge < -0.3 is 4.74 Å². The first-order chi connectivity index (χ1) is 8.20. The Kier molecular flexibility index (Phi) is 4.15. The second-order valence-electron chi connectivity index (χ2n) is 4.90. The average Bonchev–Trinajstić information content (AvgIpc) is 2.90. The van der Waals surface area contributed by atoms with Gasteiger partial charge in [0, 0.05) is 30.9 Å². The van der Waals surface area contributed by atoms with Crippen LogP contribution >= 0.6 is 0 Å². The molecule has 1 fully saturated rings. The number of rotatable bonds is 5. The molecule has 1 saturated heterocycles. The molecule has 0 saturated carbocycles. The van der Waals surface area contributed by atoms with Crippen LogP contribution in [0.1, 0.15) is 25.5 Å². The fourth-order valence-corrected chi connectivity index (χ4v) is 2.54. The summed E-state index contributed by atoms with van der Waals surface area (Å²) in [5.74, 6) is 6.18. The Morgan fingerprint density at radius 3 is 3.06 bits per heavy atom. The van der Waals surface area contributed by atoms with Crippen molar-refractivity contribution in [1.29, 1.82) is 0 Å². The van der Waals surface area contributed by atoms with Gasteiger partial charge in [-0.05, 0) is 32.3 Å². The average molecular weight is 238 g/mol. The second kappa shape index (κ2) is 5.62. The maximum Gasteiger partial charge on any atom is 0.0551 e. The first-order valence-corrected chi connectivity index (χ1v) is 6.25. The standard InChI is InChI=1S/C12H22N4O/c1-9-7-10(8-17-9)12(15-13)4-3-11-5-6-14-16(11)2/h5-6,9-10,12,15H,3-4,7-8,13H2,1-2H3. The highest BCUT2D eigenvalue weighted by molar-refractivity contribution is 5.00. The zero-order valence-electron chi connectivity index (χ0n) is 10.6. The molecule has 0 amide bonds. The van der Waals surface area contributed by atoms with Gasteiger partial charge >= 0.3 is 0 Å². The molecule has 1 aromatic rings. The normalized spacial score (nSPS) is 26.3. The Labute approximate surface area is 102 Å². The molecule has 2 rings (SSSR count). The summed E-state index contributed by atoms with van der Waals surface area (Å²) >= 11 is 0. The zero-order valence-corrected chi connectivity index (χ0v) is 10.6. The number of aryl methyl sites for hydroxylation is 2. The number of nitrogens with two attached hydrogens (primary N) is 1. The zero-order chi connectivity index (χ0) is 12.3. The fraction of sp³-hybridized carbons (Fsp3) is 0.750. The third-order valence-electron chi connectivity index (χ3n) is 3.65. The number of hydrogen-bond donors (Lipinski definition) is 2. The van der Waals surface area contributed by atoms with Crippen LogP contribution in [0.2, 0.25) is 0 Å². The Balaban J connectivity index is 1.86. The Morgan fingerprint density at radius 1 is 1.71 bits per heavy atom. The van der Waals surface area contributed by atoms with Crippen LogP contribution in [-0.2, 0) is 18.2 Å². The molecule has 3 unspecified atom stereocenters. The third kappa shape index (κ3) is 3.06. The fourth-order valence-electron chi connectivity index (χ4n) is 2.54. The van der Waals surface area contributed by atoms with E-state index in [1.54, 1.807) is 0 Å². The van der Waals surface area contributed by atoms with E-state index in [4.69, 9.17) is 10.6 Å². The van der Waals surface area contributed by atoms with E-state index in [0.29, 0.717) is 18.1 Å². The van der Waals surface area contributed by atoms with E-state index < -0.39 is 0 Å². The summed E-state index contributed by atoms with van der Waals surface area (Å²) in [6.45, 7) is 2.94. The van der Waals surface area contributed by atoms with Crippen molar-refractivity contribution in [3.63, 3.8) is 0 Å². The predicted octanol–water partition coefficient (Wildman–Crippen LogP) is 0.610. The molecule has 0 radical (unpaired) electrons. The lowest BCUT2D eigenvalue weighted by Crippen LogP contribution is -2.41. The lowest BCUT2D eigenvalue weighted by molar-refractivity contribution is 0.116. The molecule has 0 aromatic carbocycles. The number of ether oxygens (including phenoxy) is 1. The highest BCUT2D eigenvalue weighted by Gasteiger charge is 2.28. The van der Waals surface area contributed by atoms with Crippen LogP contribution in [0.15, 0.2) is 12.3 Å². The van der Waals surface area contributed by atoms with Gasteiger partial charge in [0.25, 0.3) is 0 Å². The van der Waals surface area contributed by atoms with Crippen molar-refractivity contribution >= 4 is 0 Å². The van der Waals surface area contributed by atoms with Gasteiger partial charge in [-0.1, -0.05) is 0 Å². The number of aromatic nitrogens is 2. The molecular formula is C12H22N4O. The first kappa shape index (κ1) is 12.5. The summed E-state index contributed by atoms with van der Waals surface area (Å²) < 4.78 is 7.51. The van der Waals surface area contributed by atoms with E-state index in [-0.39, 0.29) is 0 Å². The number of nitrogens with one attached hydrogen (secondary N) is 1. The maximum atomic E-state index is 5.65. The second-order valence-corrected chi connectivity index (χ2v) is 4.90. The monoisotopic (exact) mass is 238 g/mol. The van der Waals surface area contributed by atoms with Gasteiger partial charge in [-0.15, -0.1) is 0 Å². The van der Waals surface area contributed by atoms with Crippen molar-refractivity contribution in [2.45, 2.75) is 38.3 Å². The molecule has 3 atom stereocenters. The minimum atomic E-state index is 0.329. The van der Waals surface area contributed by atoms with E-state index in [0.717, 1.165) is 25.9 Å². The minimum absolute atomic E-state index is 0.329. The highest BCUT2D eigenvalue weighted by atomic mass is 16.5. The van der Waals surface area contributed by atoms with Gasteiger partial charge in [-0.25, -0.2) is 0 Å². The van der Waals surface area contributed by atoms with Crippen LogP contribution in [0, 0.1) is 5.92 Å². The van der Waals surface area contributed by atoms with Crippen LogP contribution in [0.3, 0.4) is 0 Å². The minimum Gasteiger partial charge on any atom is -0.378 e. The van der Waals surface area contributed by atoms with E-state index in [2.05, 4.69) is 23.5 Å². The molecule has 1 aliphatic heterocycles. The van der Waals surface area contributed by atoms with Crippen LogP contribution < -0.4 is 11.3 Å². The quantitative estimate of drug-likeness (QED) is 0.583. The van der Waals surface area contributed by atoms with Crippen LogP contribution in [0.4, 0.5) is 0 Å². The Morgan fingerprint density at radius 2 is 2.53 bits per heavy atom. The largest absolute Gasteiger partial charge is 0.378 e. The molecule has 5 heteroatoms. The van der Waals surface area contributed by atoms with Crippen molar-refractivity contribution in [1.82, 2.24) is 15.2 Å². The predicted molar refractivity (Wildman–Crippen MR) is 66.2 cm³/mol. The van der Waals surface area contributed by atoms with Gasteiger partial charge in [0.15, 0.2) is 0 Å². The van der Waals surface area contributed by atoms with E-state index in [1.807, 2.05) is 17.9 Å². The molecule has 96 valence electrons. The molecule has 5 nitrogen and oxygen atoms in total. The molecule has 1 aromatic heterocycles. The molecule has 17 heavy (non-hydrogen) atoms. The molecule has 0 spiro atoms. The molecule has 3 N–H and O–H groups in total. The molecule has 0 aliphatic carbocycles. The summed E-state index contributed by atoms with van der Waals surface area (Å²) in [6.07, 6.45) is 5.32. The topological polar surface area (TPSA) is 65.1 Å². The smallest absolute Gasteiger partial charge is 0.0551 e. The molecule has 2 heterocycles. The summed E-state index contributed by atoms with van der Waals surface area (Å²) in [7, 11) is 1.97. The van der Waals surface area contributed by atoms with Gasteiger partial charge in [0.05, 0.1) is 12.7 Å². The van der Waals surface area contributed by atoms with Crippen molar-refractivity contribution in [2.24, 2.45) is 18.8 Å². The van der Waals surface area contributed by atoms with E-state index in [1.165, 1.54) is 5.69 Å². The van der Waals surface area contributed by atoms with Gasteiger partial charge in [-0.3, -0.25) is 16.0 Å². The highest BCUT2D eigenvalue weighted by Crippen LogP contribution is 2.24. The SMILES string of the molecule is CC1CC(C(CCc2ccnn2C)NN)CO1.